The third kappa shape index (κ3) is 3.06. The lowest BCUT2D eigenvalue weighted by Crippen LogP contribution is -2.20. The molecular weight excluding hydrogens is 246 g/mol. The monoisotopic (exact) mass is 261 g/mol. The molecule has 0 spiro atoms. The van der Waals surface area contributed by atoms with Crippen LogP contribution in [0.25, 0.3) is 0 Å². The van der Waals surface area contributed by atoms with Gasteiger partial charge in [0.1, 0.15) is 0 Å². The molecule has 1 unspecified atom stereocenters. The quantitative estimate of drug-likeness (QED) is 0.920. The van der Waals surface area contributed by atoms with Crippen molar-refractivity contribution in [2.75, 3.05) is 7.05 Å². The van der Waals surface area contributed by atoms with Crippen molar-refractivity contribution in [3.8, 4) is 0 Å². The summed E-state index contributed by atoms with van der Waals surface area (Å²) in [5.74, 6) is 0. The minimum Gasteiger partial charge on any atom is -0.311 e. The SMILES string of the molecule is CNC(Cc1ccncc1Cl)c1cc(C)ccn1. The molecule has 0 aliphatic heterocycles. The first kappa shape index (κ1) is 13.0. The second-order valence-electron chi connectivity index (χ2n) is 4.27. The van der Waals surface area contributed by atoms with Crippen molar-refractivity contribution in [2.45, 2.75) is 19.4 Å². The van der Waals surface area contributed by atoms with Crippen molar-refractivity contribution in [1.82, 2.24) is 15.3 Å². The maximum absolute atomic E-state index is 6.13. The Balaban J connectivity index is 2.23. The van der Waals surface area contributed by atoms with E-state index in [0.717, 1.165) is 17.7 Å². The number of nitrogens with zero attached hydrogens (tertiary/aromatic N) is 2. The lowest BCUT2D eigenvalue weighted by molar-refractivity contribution is 0.575. The highest BCUT2D eigenvalue weighted by atomic mass is 35.5. The van der Waals surface area contributed by atoms with E-state index in [1.165, 1.54) is 5.56 Å². The average molecular weight is 262 g/mol. The van der Waals surface area contributed by atoms with Gasteiger partial charge in [-0.3, -0.25) is 9.97 Å². The molecule has 2 rings (SSSR count). The Labute approximate surface area is 112 Å². The molecule has 94 valence electrons. The molecule has 1 atom stereocenters. The third-order valence-corrected chi connectivity index (χ3v) is 3.26. The maximum Gasteiger partial charge on any atom is 0.0622 e. The Morgan fingerprint density at radius 3 is 2.83 bits per heavy atom. The smallest absolute Gasteiger partial charge is 0.0622 e. The highest BCUT2D eigenvalue weighted by Crippen LogP contribution is 2.21. The van der Waals surface area contributed by atoms with Crippen molar-refractivity contribution in [1.29, 1.82) is 0 Å². The normalized spacial score (nSPS) is 12.4. The lowest BCUT2D eigenvalue weighted by Gasteiger charge is -2.16. The number of hydrogen-bond acceptors (Lipinski definition) is 3. The van der Waals surface area contributed by atoms with Gasteiger partial charge in [-0.15, -0.1) is 0 Å². The third-order valence-electron chi connectivity index (χ3n) is 2.92. The summed E-state index contributed by atoms with van der Waals surface area (Å²) < 4.78 is 0. The van der Waals surface area contributed by atoms with Gasteiger partial charge in [0.05, 0.1) is 16.8 Å². The standard InChI is InChI=1S/C14H16ClN3/c1-10-3-6-18-14(7-10)13(16-2)8-11-4-5-17-9-12(11)15/h3-7,9,13,16H,8H2,1-2H3. The Bertz CT molecular complexity index is 528. The molecule has 0 radical (unpaired) electrons. The van der Waals surface area contributed by atoms with E-state index in [1.807, 2.05) is 25.4 Å². The van der Waals surface area contributed by atoms with Gasteiger partial charge in [-0.2, -0.15) is 0 Å². The lowest BCUT2D eigenvalue weighted by atomic mass is 10.0. The fourth-order valence-electron chi connectivity index (χ4n) is 1.89. The van der Waals surface area contributed by atoms with E-state index < -0.39 is 0 Å². The van der Waals surface area contributed by atoms with Crippen molar-refractivity contribution < 1.29 is 0 Å². The molecule has 2 heterocycles. The summed E-state index contributed by atoms with van der Waals surface area (Å²) >= 11 is 6.13. The number of hydrogen-bond donors (Lipinski definition) is 1. The van der Waals surface area contributed by atoms with Crippen LogP contribution in [0.5, 0.6) is 0 Å². The molecule has 0 amide bonds. The van der Waals surface area contributed by atoms with Crippen LogP contribution in [0.4, 0.5) is 0 Å². The molecule has 0 aliphatic carbocycles. The van der Waals surface area contributed by atoms with Gasteiger partial charge < -0.3 is 5.32 Å². The predicted molar refractivity (Wildman–Crippen MR) is 73.7 cm³/mol. The van der Waals surface area contributed by atoms with Crippen LogP contribution in [0.15, 0.2) is 36.8 Å². The van der Waals surface area contributed by atoms with Crippen LogP contribution in [0.1, 0.15) is 22.9 Å². The number of rotatable bonds is 4. The fraction of sp³-hybridized carbons (Fsp3) is 0.286. The number of halogens is 1. The van der Waals surface area contributed by atoms with Crippen LogP contribution >= 0.6 is 11.6 Å². The molecular formula is C14H16ClN3. The van der Waals surface area contributed by atoms with E-state index in [9.17, 15) is 0 Å². The molecule has 0 aliphatic rings. The zero-order valence-corrected chi connectivity index (χ0v) is 11.3. The highest BCUT2D eigenvalue weighted by Gasteiger charge is 2.13. The summed E-state index contributed by atoms with van der Waals surface area (Å²) in [5.41, 5.74) is 3.32. The second kappa shape index (κ2) is 5.94. The second-order valence-corrected chi connectivity index (χ2v) is 4.68. The van der Waals surface area contributed by atoms with E-state index in [4.69, 9.17) is 11.6 Å². The van der Waals surface area contributed by atoms with Gasteiger partial charge >= 0.3 is 0 Å². The minimum atomic E-state index is 0.157. The Kier molecular flexibility index (Phi) is 4.28. The Morgan fingerprint density at radius 1 is 1.33 bits per heavy atom. The topological polar surface area (TPSA) is 37.8 Å². The van der Waals surface area contributed by atoms with Crippen molar-refractivity contribution >= 4 is 11.6 Å². The van der Waals surface area contributed by atoms with Crippen LogP contribution in [0, 0.1) is 6.92 Å². The zero-order valence-electron chi connectivity index (χ0n) is 10.5. The number of aryl methyl sites for hydroxylation is 1. The van der Waals surface area contributed by atoms with E-state index in [0.29, 0.717) is 5.02 Å². The van der Waals surface area contributed by atoms with Crippen molar-refractivity contribution in [2.24, 2.45) is 0 Å². The summed E-state index contributed by atoms with van der Waals surface area (Å²) in [6.45, 7) is 2.07. The molecule has 2 aromatic heterocycles. The molecule has 0 fully saturated rings. The van der Waals surface area contributed by atoms with Gasteiger partial charge in [-0.1, -0.05) is 11.6 Å². The van der Waals surface area contributed by atoms with Gasteiger partial charge in [-0.05, 0) is 49.7 Å². The Morgan fingerprint density at radius 2 is 2.17 bits per heavy atom. The van der Waals surface area contributed by atoms with Crippen LogP contribution in [0.3, 0.4) is 0 Å². The Hall–Kier alpha value is -1.45. The summed E-state index contributed by atoms with van der Waals surface area (Å²) in [6.07, 6.45) is 6.07. The van der Waals surface area contributed by atoms with Gasteiger partial charge in [0.2, 0.25) is 0 Å². The van der Waals surface area contributed by atoms with Crippen LogP contribution < -0.4 is 5.32 Å². The van der Waals surface area contributed by atoms with Gasteiger partial charge in [0.15, 0.2) is 0 Å². The molecule has 0 saturated heterocycles. The molecule has 3 nitrogen and oxygen atoms in total. The molecule has 0 aromatic carbocycles. The summed E-state index contributed by atoms with van der Waals surface area (Å²) in [4.78, 5) is 8.41. The molecule has 0 saturated carbocycles. The molecule has 0 bridgehead atoms. The van der Waals surface area contributed by atoms with E-state index in [1.54, 1.807) is 12.4 Å². The minimum absolute atomic E-state index is 0.157. The molecule has 1 N–H and O–H groups in total. The van der Waals surface area contributed by atoms with Crippen molar-refractivity contribution in [3.63, 3.8) is 0 Å². The van der Waals surface area contributed by atoms with Crippen molar-refractivity contribution in [3.05, 3.63) is 58.6 Å². The van der Waals surface area contributed by atoms with Gasteiger partial charge in [0.25, 0.3) is 0 Å². The summed E-state index contributed by atoms with van der Waals surface area (Å²) in [6, 6.07) is 6.19. The first-order chi connectivity index (χ1) is 8.70. The predicted octanol–water partition coefficient (Wildman–Crippen LogP) is 2.94. The largest absolute Gasteiger partial charge is 0.311 e. The van der Waals surface area contributed by atoms with Gasteiger partial charge in [0, 0.05) is 18.6 Å². The number of aromatic nitrogens is 2. The first-order valence-electron chi connectivity index (χ1n) is 5.89. The maximum atomic E-state index is 6.13. The first-order valence-corrected chi connectivity index (χ1v) is 6.26. The van der Waals surface area contributed by atoms with Crippen LogP contribution in [0.2, 0.25) is 5.02 Å². The summed E-state index contributed by atoms with van der Waals surface area (Å²) in [7, 11) is 1.93. The van der Waals surface area contributed by atoms with E-state index >= 15 is 0 Å². The average Bonchev–Trinajstić information content (AvgIpc) is 2.38. The van der Waals surface area contributed by atoms with Crippen LogP contribution in [-0.4, -0.2) is 17.0 Å². The fourth-order valence-corrected chi connectivity index (χ4v) is 2.09. The van der Waals surface area contributed by atoms with E-state index in [-0.39, 0.29) is 6.04 Å². The number of pyridine rings is 2. The van der Waals surface area contributed by atoms with Gasteiger partial charge in [-0.25, -0.2) is 0 Å². The number of nitrogens with one attached hydrogen (secondary N) is 1. The molecule has 4 heteroatoms. The summed E-state index contributed by atoms with van der Waals surface area (Å²) in [5, 5.41) is 3.98. The van der Waals surface area contributed by atoms with E-state index in [2.05, 4.69) is 28.3 Å². The highest BCUT2D eigenvalue weighted by molar-refractivity contribution is 6.31. The molecule has 18 heavy (non-hydrogen) atoms. The number of likely N-dealkylation sites (N-methyl/N-ethyl adjacent to an activating group) is 1. The zero-order chi connectivity index (χ0) is 13.0. The molecule has 2 aromatic rings. The van der Waals surface area contributed by atoms with Crippen LogP contribution in [-0.2, 0) is 6.42 Å².